The normalized spacial score (nSPS) is 28.8. The van der Waals surface area contributed by atoms with Crippen LogP contribution in [-0.2, 0) is 9.47 Å². The van der Waals surface area contributed by atoms with Gasteiger partial charge in [-0.2, -0.15) is 4.48 Å². The lowest BCUT2D eigenvalue weighted by Crippen LogP contribution is -2.63. The Morgan fingerprint density at radius 2 is 1.47 bits per heavy atom. The van der Waals surface area contributed by atoms with E-state index in [2.05, 4.69) is 0 Å². The Bertz CT molecular complexity index is 427. The van der Waals surface area contributed by atoms with Crippen LogP contribution in [0.15, 0.2) is 30.3 Å². The fourth-order valence-corrected chi connectivity index (χ4v) is 2.39. The predicted octanol–water partition coefficient (Wildman–Crippen LogP) is 2.31. The molecule has 19 heavy (non-hydrogen) atoms. The number of epoxide rings is 2. The number of ether oxygens (including phenoxy) is 2. The van der Waals surface area contributed by atoms with E-state index in [1.165, 1.54) is 12.1 Å². The van der Waals surface area contributed by atoms with Crippen molar-refractivity contribution >= 4 is 5.69 Å². The van der Waals surface area contributed by atoms with Crippen LogP contribution in [0.4, 0.5) is 18.9 Å². The van der Waals surface area contributed by atoms with Gasteiger partial charge < -0.3 is 9.47 Å². The summed E-state index contributed by atoms with van der Waals surface area (Å²) in [5.74, 6) is 0. The Kier molecular flexibility index (Phi) is 3.03. The molecule has 0 aliphatic carbocycles. The summed E-state index contributed by atoms with van der Waals surface area (Å²) in [6, 6.07) is 8.04. The van der Waals surface area contributed by atoms with Gasteiger partial charge in [-0.3, -0.25) is 0 Å². The number of rotatable bonds is 5. The molecule has 0 bridgehead atoms. The van der Waals surface area contributed by atoms with Gasteiger partial charge >= 0.3 is 6.30 Å². The second-order valence-corrected chi connectivity index (χ2v) is 5.05. The molecule has 2 unspecified atom stereocenters. The SMILES string of the molecule is FC(F)(F)[N+](CC1CO1)(CC1CO1)c1ccccc1. The molecular weight excluding hydrogens is 259 g/mol. The van der Waals surface area contributed by atoms with Crippen molar-refractivity contribution in [2.24, 2.45) is 0 Å². The highest BCUT2D eigenvalue weighted by Crippen LogP contribution is 2.40. The summed E-state index contributed by atoms with van der Waals surface area (Å²) in [7, 11) is 0. The molecule has 2 saturated heterocycles. The zero-order valence-electron chi connectivity index (χ0n) is 10.3. The van der Waals surface area contributed by atoms with Crippen molar-refractivity contribution in [1.29, 1.82) is 0 Å². The van der Waals surface area contributed by atoms with E-state index in [-0.39, 0.29) is 31.0 Å². The Labute approximate surface area is 109 Å². The molecule has 2 fully saturated rings. The fourth-order valence-electron chi connectivity index (χ4n) is 2.39. The van der Waals surface area contributed by atoms with E-state index < -0.39 is 10.8 Å². The van der Waals surface area contributed by atoms with E-state index in [0.717, 1.165) is 0 Å². The van der Waals surface area contributed by atoms with Gasteiger partial charge in [0, 0.05) is 0 Å². The van der Waals surface area contributed by atoms with Crippen molar-refractivity contribution in [2.75, 3.05) is 26.3 Å². The number of quaternary nitrogens is 1. The van der Waals surface area contributed by atoms with Gasteiger partial charge in [-0.25, -0.2) is 0 Å². The molecule has 1 aromatic rings. The molecule has 3 rings (SSSR count). The summed E-state index contributed by atoms with van der Waals surface area (Å²) in [6.45, 7) is 0.670. The Morgan fingerprint density at radius 3 is 1.84 bits per heavy atom. The smallest absolute Gasteiger partial charge is 0.367 e. The van der Waals surface area contributed by atoms with Crippen LogP contribution in [-0.4, -0.2) is 44.8 Å². The van der Waals surface area contributed by atoms with E-state index in [1.54, 1.807) is 18.2 Å². The first kappa shape index (κ1) is 12.9. The highest BCUT2D eigenvalue weighted by atomic mass is 19.4. The maximum absolute atomic E-state index is 13.7. The molecule has 3 nitrogen and oxygen atoms in total. The monoisotopic (exact) mass is 274 g/mol. The molecule has 0 radical (unpaired) electrons. The topological polar surface area (TPSA) is 25.1 Å². The van der Waals surface area contributed by atoms with E-state index >= 15 is 0 Å². The second-order valence-electron chi connectivity index (χ2n) is 5.05. The van der Waals surface area contributed by atoms with E-state index in [1.807, 2.05) is 0 Å². The van der Waals surface area contributed by atoms with Gasteiger partial charge in [-0.1, -0.05) is 18.2 Å². The van der Waals surface area contributed by atoms with Crippen molar-refractivity contribution in [3.63, 3.8) is 0 Å². The molecule has 0 N–H and O–H groups in total. The number of halogens is 3. The first-order valence-corrected chi connectivity index (χ1v) is 6.24. The minimum atomic E-state index is -4.36. The highest BCUT2D eigenvalue weighted by Gasteiger charge is 2.60. The van der Waals surface area contributed by atoms with Crippen LogP contribution >= 0.6 is 0 Å². The molecule has 0 spiro atoms. The molecule has 1 aromatic carbocycles. The van der Waals surface area contributed by atoms with Crippen molar-refractivity contribution < 1.29 is 22.6 Å². The van der Waals surface area contributed by atoms with Crippen LogP contribution < -0.4 is 4.48 Å². The molecule has 6 heteroatoms. The zero-order chi connectivity index (χ0) is 13.5. The average Bonchev–Trinajstić information content (AvgIpc) is 3.23. The summed E-state index contributed by atoms with van der Waals surface area (Å²) in [4.78, 5) is 0. The maximum Gasteiger partial charge on any atom is 0.566 e. The maximum atomic E-state index is 13.7. The number of para-hydroxylation sites is 1. The second kappa shape index (κ2) is 4.47. The van der Waals surface area contributed by atoms with Crippen LogP contribution in [0.5, 0.6) is 0 Å². The summed E-state index contributed by atoms with van der Waals surface area (Å²) in [6.07, 6.45) is -4.97. The lowest BCUT2D eigenvalue weighted by Gasteiger charge is -2.37. The van der Waals surface area contributed by atoms with Gasteiger partial charge in [-0.15, -0.1) is 13.2 Å². The molecule has 0 aromatic heterocycles. The van der Waals surface area contributed by atoms with Gasteiger partial charge in [0.2, 0.25) is 0 Å². The molecule has 0 saturated carbocycles. The summed E-state index contributed by atoms with van der Waals surface area (Å²) < 4.78 is 50.1. The predicted molar refractivity (Wildman–Crippen MR) is 63.5 cm³/mol. The summed E-state index contributed by atoms with van der Waals surface area (Å²) >= 11 is 0. The lowest BCUT2D eigenvalue weighted by molar-refractivity contribution is -0.240. The quantitative estimate of drug-likeness (QED) is 0.467. The third-order valence-corrected chi connectivity index (χ3v) is 3.57. The molecular formula is C13H15F3NO2+. The molecule has 2 aliphatic rings. The lowest BCUT2D eigenvalue weighted by atomic mass is 10.2. The molecule has 0 amide bonds. The first-order chi connectivity index (χ1) is 9.01. The van der Waals surface area contributed by atoms with Gasteiger partial charge in [0.1, 0.15) is 31.0 Å². The molecule has 2 aliphatic heterocycles. The number of benzene rings is 1. The number of nitrogens with zero attached hydrogens (tertiary/aromatic N) is 1. The van der Waals surface area contributed by atoms with Crippen molar-refractivity contribution in [3.05, 3.63) is 30.3 Å². The van der Waals surface area contributed by atoms with E-state index in [0.29, 0.717) is 13.2 Å². The number of hydrogen-bond acceptors (Lipinski definition) is 2. The summed E-state index contributed by atoms with van der Waals surface area (Å²) in [5, 5.41) is 0. The van der Waals surface area contributed by atoms with Crippen LogP contribution in [0.2, 0.25) is 0 Å². The number of hydrogen-bond donors (Lipinski definition) is 0. The highest BCUT2D eigenvalue weighted by molar-refractivity contribution is 5.44. The van der Waals surface area contributed by atoms with Crippen LogP contribution in [0, 0.1) is 0 Å². The largest absolute Gasteiger partial charge is 0.566 e. The minimum absolute atomic E-state index is 0.0760. The van der Waals surface area contributed by atoms with Crippen molar-refractivity contribution in [3.8, 4) is 0 Å². The zero-order valence-corrected chi connectivity index (χ0v) is 10.3. The van der Waals surface area contributed by atoms with Gasteiger partial charge in [-0.05, 0) is 12.1 Å². The van der Waals surface area contributed by atoms with Gasteiger partial charge in [0.15, 0.2) is 0 Å². The number of alkyl halides is 3. The van der Waals surface area contributed by atoms with Crippen molar-refractivity contribution in [1.82, 2.24) is 4.48 Å². The van der Waals surface area contributed by atoms with E-state index in [9.17, 15) is 13.2 Å². The standard InChI is InChI=1S/C13H15F3NO2/c14-13(15,16)17(6-11-8-18-11,7-12-9-19-12)10-4-2-1-3-5-10/h1-5,11-12H,6-9H2/q+1. The first-order valence-electron chi connectivity index (χ1n) is 6.24. The Hall–Kier alpha value is -1.11. The van der Waals surface area contributed by atoms with Crippen molar-refractivity contribution in [2.45, 2.75) is 18.5 Å². The van der Waals surface area contributed by atoms with Crippen LogP contribution in [0.25, 0.3) is 0 Å². The Morgan fingerprint density at radius 1 is 1.00 bits per heavy atom. The van der Waals surface area contributed by atoms with Gasteiger partial charge in [0.25, 0.3) is 0 Å². The Balaban J connectivity index is 1.99. The third-order valence-electron chi connectivity index (χ3n) is 3.57. The fraction of sp³-hybridized carbons (Fsp3) is 0.538. The molecule has 2 heterocycles. The summed E-state index contributed by atoms with van der Waals surface area (Å²) in [5.41, 5.74) is 0.251. The van der Waals surface area contributed by atoms with Crippen LogP contribution in [0.3, 0.4) is 0 Å². The third kappa shape index (κ3) is 2.61. The average molecular weight is 274 g/mol. The molecule has 104 valence electrons. The van der Waals surface area contributed by atoms with E-state index in [4.69, 9.17) is 9.47 Å². The van der Waals surface area contributed by atoms with Crippen LogP contribution in [0.1, 0.15) is 0 Å². The minimum Gasteiger partial charge on any atom is -0.367 e. The van der Waals surface area contributed by atoms with Gasteiger partial charge in [0.05, 0.1) is 13.2 Å². The molecule has 2 atom stereocenters.